The summed E-state index contributed by atoms with van der Waals surface area (Å²) in [5, 5.41) is 21.2. The summed E-state index contributed by atoms with van der Waals surface area (Å²) in [6.07, 6.45) is 8.50. The van der Waals surface area contributed by atoms with Crippen molar-refractivity contribution in [3.8, 4) is 0 Å². The second kappa shape index (κ2) is 5.31. The third kappa shape index (κ3) is 2.03. The topological polar surface area (TPSA) is 58.9 Å². The molecule has 4 heteroatoms. The van der Waals surface area contributed by atoms with E-state index < -0.39 is 5.79 Å². The first kappa shape index (κ1) is 16.7. The van der Waals surface area contributed by atoms with Crippen LogP contribution >= 0.6 is 0 Å². The normalized spacial score (nSPS) is 53.9. The number of hydrogen-bond acceptors (Lipinski definition) is 4. The Balaban J connectivity index is 1.53. The lowest BCUT2D eigenvalue weighted by atomic mass is 9.47. The number of fused-ring (bicyclic) bond motifs is 6. The average molecular weight is 348 g/mol. The predicted molar refractivity (Wildman–Crippen MR) is 93.7 cm³/mol. The molecule has 1 spiro atoms. The molecule has 25 heavy (non-hydrogen) atoms. The van der Waals surface area contributed by atoms with Crippen LogP contribution in [0.4, 0.5) is 0 Å². The maximum Gasteiger partial charge on any atom is 0.174 e. The quantitative estimate of drug-likeness (QED) is 0.661. The van der Waals surface area contributed by atoms with Crippen LogP contribution < -0.4 is 0 Å². The molecule has 1 aliphatic heterocycles. The van der Waals surface area contributed by atoms with Gasteiger partial charge in [-0.15, -0.1) is 0 Å². The molecule has 4 nitrogen and oxygen atoms in total. The van der Waals surface area contributed by atoms with Gasteiger partial charge in [0.25, 0.3) is 0 Å². The van der Waals surface area contributed by atoms with Gasteiger partial charge in [0.05, 0.1) is 25.4 Å². The van der Waals surface area contributed by atoms with E-state index >= 15 is 0 Å². The number of aliphatic hydroxyl groups excluding tert-OH is 2. The van der Waals surface area contributed by atoms with Crippen LogP contribution in [-0.2, 0) is 9.47 Å². The van der Waals surface area contributed by atoms with E-state index in [0.29, 0.717) is 31.0 Å². The van der Waals surface area contributed by atoms with E-state index in [1.807, 2.05) is 0 Å². The first-order valence-corrected chi connectivity index (χ1v) is 10.2. The van der Waals surface area contributed by atoms with Crippen molar-refractivity contribution in [2.24, 2.45) is 28.6 Å². The van der Waals surface area contributed by atoms with Crippen molar-refractivity contribution in [1.29, 1.82) is 0 Å². The van der Waals surface area contributed by atoms with E-state index in [1.165, 1.54) is 5.57 Å². The summed E-state index contributed by atoms with van der Waals surface area (Å²) in [6.45, 7) is 6.16. The van der Waals surface area contributed by atoms with E-state index in [9.17, 15) is 10.2 Å². The third-order valence-electron chi connectivity index (χ3n) is 8.90. The molecular weight excluding hydrogens is 316 g/mol. The molecule has 1 heterocycles. The zero-order valence-electron chi connectivity index (χ0n) is 15.5. The molecule has 0 amide bonds. The Hall–Kier alpha value is -0.420. The van der Waals surface area contributed by atoms with Gasteiger partial charge in [-0.05, 0) is 61.7 Å². The Morgan fingerprint density at radius 1 is 0.960 bits per heavy atom. The second-order valence-electron chi connectivity index (χ2n) is 9.73. The number of hydrogen-bond donors (Lipinski definition) is 2. The first-order valence-electron chi connectivity index (χ1n) is 10.2. The third-order valence-corrected chi connectivity index (χ3v) is 8.90. The molecule has 7 atom stereocenters. The van der Waals surface area contributed by atoms with Crippen LogP contribution in [0, 0.1) is 28.6 Å². The van der Waals surface area contributed by atoms with Gasteiger partial charge >= 0.3 is 0 Å². The van der Waals surface area contributed by atoms with Gasteiger partial charge in [-0.1, -0.05) is 25.5 Å². The van der Waals surface area contributed by atoms with Crippen LogP contribution in [0.5, 0.6) is 0 Å². The molecule has 5 rings (SSSR count). The van der Waals surface area contributed by atoms with Gasteiger partial charge in [0.15, 0.2) is 5.79 Å². The second-order valence-corrected chi connectivity index (χ2v) is 9.73. The molecule has 4 aliphatic carbocycles. The predicted octanol–water partition coefficient (Wildman–Crippen LogP) is 3.02. The molecule has 2 N–H and O–H groups in total. The molecule has 1 saturated heterocycles. The highest BCUT2D eigenvalue weighted by atomic mass is 16.7. The van der Waals surface area contributed by atoms with E-state index in [2.05, 4.69) is 19.9 Å². The lowest BCUT2D eigenvalue weighted by molar-refractivity contribution is -0.246. The zero-order valence-corrected chi connectivity index (χ0v) is 15.5. The maximum atomic E-state index is 11.1. The standard InChI is InChI=1S/C21H32O4/c1-19-6-3-14(22)11-13(19)12-17(23)18-15(19)4-7-20(2)16(18)5-8-21(20)24-9-10-25-21/h12,14-18,22-23H,3-11H2,1-2H3/t14-,15?,16?,17?,18?,19+,20+/m1/s1. The van der Waals surface area contributed by atoms with Crippen LogP contribution in [0.2, 0.25) is 0 Å². The molecule has 5 aliphatic rings. The summed E-state index contributed by atoms with van der Waals surface area (Å²) in [6, 6.07) is 0. The monoisotopic (exact) mass is 348 g/mol. The van der Waals surface area contributed by atoms with Crippen molar-refractivity contribution in [2.45, 2.75) is 76.8 Å². The van der Waals surface area contributed by atoms with Gasteiger partial charge in [0.1, 0.15) is 0 Å². The molecule has 140 valence electrons. The highest BCUT2D eigenvalue weighted by Gasteiger charge is 2.67. The van der Waals surface area contributed by atoms with Crippen molar-refractivity contribution in [3.63, 3.8) is 0 Å². The van der Waals surface area contributed by atoms with Crippen molar-refractivity contribution >= 4 is 0 Å². The summed E-state index contributed by atoms with van der Waals surface area (Å²) in [5.74, 6) is 0.871. The number of rotatable bonds is 0. The Bertz CT molecular complexity index is 595. The van der Waals surface area contributed by atoms with Crippen molar-refractivity contribution in [2.75, 3.05) is 13.2 Å². The van der Waals surface area contributed by atoms with Crippen LogP contribution in [0.3, 0.4) is 0 Å². The van der Waals surface area contributed by atoms with Crippen LogP contribution in [0.1, 0.15) is 58.8 Å². The van der Waals surface area contributed by atoms with Gasteiger partial charge in [0.2, 0.25) is 0 Å². The van der Waals surface area contributed by atoms with Crippen molar-refractivity contribution in [3.05, 3.63) is 11.6 Å². The zero-order chi connectivity index (χ0) is 17.4. The fraction of sp³-hybridized carbons (Fsp3) is 0.905. The first-order chi connectivity index (χ1) is 11.9. The van der Waals surface area contributed by atoms with E-state index in [-0.39, 0.29) is 23.0 Å². The molecule has 4 fully saturated rings. The fourth-order valence-corrected chi connectivity index (χ4v) is 7.52. The molecule has 3 saturated carbocycles. The highest BCUT2D eigenvalue weighted by Crippen LogP contribution is 2.68. The number of aliphatic hydroxyl groups is 2. The summed E-state index contributed by atoms with van der Waals surface area (Å²) >= 11 is 0. The highest BCUT2D eigenvalue weighted by molar-refractivity contribution is 5.28. The Morgan fingerprint density at radius 2 is 1.68 bits per heavy atom. The summed E-state index contributed by atoms with van der Waals surface area (Å²) in [7, 11) is 0. The Kier molecular flexibility index (Phi) is 3.55. The lowest BCUT2D eigenvalue weighted by Gasteiger charge is -2.59. The summed E-state index contributed by atoms with van der Waals surface area (Å²) in [5.41, 5.74) is 1.48. The van der Waals surface area contributed by atoms with E-state index in [0.717, 1.165) is 44.9 Å². The number of ether oxygens (including phenoxy) is 2. The van der Waals surface area contributed by atoms with Gasteiger partial charge < -0.3 is 19.7 Å². The van der Waals surface area contributed by atoms with Gasteiger partial charge in [-0.2, -0.15) is 0 Å². The van der Waals surface area contributed by atoms with Crippen LogP contribution in [0.15, 0.2) is 11.6 Å². The average Bonchev–Trinajstić information content (AvgIpc) is 3.17. The van der Waals surface area contributed by atoms with Gasteiger partial charge in [-0.25, -0.2) is 0 Å². The van der Waals surface area contributed by atoms with E-state index in [4.69, 9.17) is 9.47 Å². The molecule has 0 aromatic heterocycles. The maximum absolute atomic E-state index is 11.1. The summed E-state index contributed by atoms with van der Waals surface area (Å²) < 4.78 is 12.4. The Labute approximate surface area is 150 Å². The van der Waals surface area contributed by atoms with Crippen molar-refractivity contribution < 1.29 is 19.7 Å². The van der Waals surface area contributed by atoms with Gasteiger partial charge in [0, 0.05) is 11.8 Å². The minimum absolute atomic E-state index is 0.0154. The van der Waals surface area contributed by atoms with Crippen LogP contribution in [0.25, 0.3) is 0 Å². The minimum atomic E-state index is -0.407. The molecule has 0 bridgehead atoms. The molecule has 0 aromatic carbocycles. The minimum Gasteiger partial charge on any atom is -0.393 e. The summed E-state index contributed by atoms with van der Waals surface area (Å²) in [4.78, 5) is 0. The SMILES string of the molecule is C[C@]12CC[C@@H](O)CC1=CC(O)C1C2CC[C@@]2(C)C1CCC21OCCO1. The molecule has 0 aromatic rings. The smallest absolute Gasteiger partial charge is 0.174 e. The van der Waals surface area contributed by atoms with Gasteiger partial charge in [-0.3, -0.25) is 0 Å². The lowest BCUT2D eigenvalue weighted by Crippen LogP contribution is -2.58. The fourth-order valence-electron chi connectivity index (χ4n) is 7.52. The molecule has 4 unspecified atom stereocenters. The molecule has 0 radical (unpaired) electrons. The van der Waals surface area contributed by atoms with Crippen LogP contribution in [-0.4, -0.2) is 41.4 Å². The van der Waals surface area contributed by atoms with Crippen molar-refractivity contribution in [1.82, 2.24) is 0 Å². The van der Waals surface area contributed by atoms with E-state index in [1.54, 1.807) is 0 Å². The largest absolute Gasteiger partial charge is 0.393 e. The molecular formula is C21H32O4. The Morgan fingerprint density at radius 3 is 2.44 bits per heavy atom.